The van der Waals surface area contributed by atoms with E-state index in [4.69, 9.17) is 4.74 Å². The number of benzene rings is 1. The summed E-state index contributed by atoms with van der Waals surface area (Å²) in [6.07, 6.45) is -1.22. The van der Waals surface area contributed by atoms with Crippen molar-refractivity contribution in [2.45, 2.75) is 38.8 Å². The molecule has 150 valence electrons. The number of nitrogens with zero attached hydrogens (tertiary/aromatic N) is 2. The first-order valence-corrected chi connectivity index (χ1v) is 9.26. The van der Waals surface area contributed by atoms with Gasteiger partial charge in [-0.05, 0) is 32.4 Å². The molecule has 12 heteroatoms. The van der Waals surface area contributed by atoms with Crippen molar-refractivity contribution in [3.8, 4) is 0 Å². The van der Waals surface area contributed by atoms with Crippen LogP contribution in [0.4, 0.5) is 10.5 Å². The fraction of sp³-hybridized carbons (Fsp3) is 0.467. The van der Waals surface area contributed by atoms with E-state index in [1.165, 1.54) is 13.1 Å². The first-order valence-electron chi connectivity index (χ1n) is 7.65. The molecule has 1 aromatic carbocycles. The van der Waals surface area contributed by atoms with Crippen LogP contribution in [-0.4, -0.2) is 55.5 Å². The van der Waals surface area contributed by atoms with Crippen molar-refractivity contribution in [2.75, 3.05) is 7.05 Å². The number of nitro benzene ring substituents is 1. The van der Waals surface area contributed by atoms with E-state index in [2.05, 4.69) is 0 Å². The quantitative estimate of drug-likeness (QED) is 0.359. The minimum atomic E-state index is -4.88. The Morgan fingerprint density at radius 3 is 2.30 bits per heavy atom. The van der Waals surface area contributed by atoms with Crippen LogP contribution in [-0.2, 0) is 20.5 Å². The monoisotopic (exact) mass is 404 g/mol. The molecule has 1 amide bonds. The lowest BCUT2D eigenvalue weighted by atomic mass is 10.0. The molecule has 1 aromatic rings. The van der Waals surface area contributed by atoms with Crippen LogP contribution in [0.1, 0.15) is 26.3 Å². The number of amides is 1. The fourth-order valence-corrected chi connectivity index (χ4v) is 2.88. The van der Waals surface area contributed by atoms with Crippen molar-refractivity contribution in [3.05, 3.63) is 33.9 Å². The van der Waals surface area contributed by atoms with E-state index in [0.717, 1.165) is 17.0 Å². The summed E-state index contributed by atoms with van der Waals surface area (Å²) in [5.74, 6) is -1.37. The van der Waals surface area contributed by atoms with E-state index < -0.39 is 47.2 Å². The van der Waals surface area contributed by atoms with Crippen LogP contribution < -0.4 is 5.30 Å². The number of carbonyl (C=O) groups excluding carboxylic acids is 1. The van der Waals surface area contributed by atoms with Crippen molar-refractivity contribution in [1.82, 2.24) is 4.90 Å². The molecule has 1 atom stereocenters. The maximum atomic E-state index is 12.1. The maximum Gasteiger partial charge on any atom is 0.410 e. The summed E-state index contributed by atoms with van der Waals surface area (Å²) in [6.45, 7) is 4.83. The van der Waals surface area contributed by atoms with Crippen molar-refractivity contribution >= 4 is 30.7 Å². The van der Waals surface area contributed by atoms with Crippen LogP contribution in [0.15, 0.2) is 18.2 Å². The average molecular weight is 404 g/mol. The zero-order valence-electron chi connectivity index (χ0n) is 15.1. The van der Waals surface area contributed by atoms with Crippen LogP contribution >= 0.6 is 7.60 Å². The van der Waals surface area contributed by atoms with E-state index in [-0.39, 0.29) is 12.0 Å². The van der Waals surface area contributed by atoms with E-state index in [0.29, 0.717) is 0 Å². The van der Waals surface area contributed by atoms with Crippen LogP contribution in [0.3, 0.4) is 0 Å². The molecule has 0 heterocycles. The Morgan fingerprint density at radius 1 is 1.33 bits per heavy atom. The first kappa shape index (κ1) is 22.6. The summed E-state index contributed by atoms with van der Waals surface area (Å²) in [5, 5.41) is 19.7. The lowest BCUT2D eigenvalue weighted by Gasteiger charge is -2.28. The number of hydrogen-bond donors (Lipinski definition) is 3. The van der Waals surface area contributed by atoms with Gasteiger partial charge in [-0.1, -0.05) is 6.07 Å². The summed E-state index contributed by atoms with van der Waals surface area (Å²) in [6, 6.07) is 1.52. The lowest BCUT2D eigenvalue weighted by Crippen LogP contribution is -2.46. The molecule has 0 radical (unpaired) electrons. The smallest absolute Gasteiger partial charge is 0.410 e. The molecule has 3 N–H and O–H groups in total. The van der Waals surface area contributed by atoms with E-state index in [1.807, 2.05) is 0 Å². The number of rotatable bonds is 6. The van der Waals surface area contributed by atoms with Crippen LogP contribution in [0.25, 0.3) is 0 Å². The molecule has 0 saturated carbocycles. The van der Waals surface area contributed by atoms with Crippen molar-refractivity contribution < 1.29 is 38.7 Å². The Labute approximate surface area is 154 Å². The van der Waals surface area contributed by atoms with Crippen molar-refractivity contribution in [3.63, 3.8) is 0 Å². The van der Waals surface area contributed by atoms with E-state index in [1.54, 1.807) is 20.8 Å². The molecule has 0 aromatic heterocycles. The van der Waals surface area contributed by atoms with E-state index in [9.17, 15) is 39.2 Å². The molecule has 1 unspecified atom stereocenters. The Morgan fingerprint density at radius 2 is 1.89 bits per heavy atom. The van der Waals surface area contributed by atoms with Gasteiger partial charge in [-0.25, -0.2) is 9.59 Å². The molecule has 27 heavy (non-hydrogen) atoms. The number of carbonyl (C=O) groups is 2. The number of carboxylic acids is 1. The highest BCUT2D eigenvalue weighted by Crippen LogP contribution is 2.37. The number of ether oxygens (including phenoxy) is 1. The third-order valence-corrected chi connectivity index (χ3v) is 4.42. The third kappa shape index (κ3) is 6.31. The number of aliphatic carboxylic acids is 1. The first-order chi connectivity index (χ1) is 12.1. The minimum absolute atomic E-state index is 0.113. The van der Waals surface area contributed by atoms with Gasteiger partial charge in [-0.2, -0.15) is 0 Å². The highest BCUT2D eigenvalue weighted by atomic mass is 31.2. The summed E-state index contributed by atoms with van der Waals surface area (Å²) in [5.41, 5.74) is -1.57. The molecule has 11 nitrogen and oxygen atoms in total. The molecule has 0 spiro atoms. The van der Waals surface area contributed by atoms with Gasteiger partial charge < -0.3 is 19.6 Å². The Hall–Kier alpha value is -2.49. The summed E-state index contributed by atoms with van der Waals surface area (Å²) in [7, 11) is -3.67. The second-order valence-corrected chi connectivity index (χ2v) is 8.34. The van der Waals surface area contributed by atoms with Gasteiger partial charge >= 0.3 is 19.7 Å². The molecule has 0 aliphatic heterocycles. The SMILES string of the molecule is CN(C(=O)OC(C)(C)C)C(Cc1ccc(P(=O)(O)O)c([N+](=O)[O-])c1)C(=O)O. The van der Waals surface area contributed by atoms with Gasteiger partial charge in [-0.3, -0.25) is 19.6 Å². The molecular formula is C15H21N2O9P. The Kier molecular flexibility index (Phi) is 6.71. The summed E-state index contributed by atoms with van der Waals surface area (Å²) >= 11 is 0. The lowest BCUT2D eigenvalue weighted by molar-refractivity contribution is -0.383. The minimum Gasteiger partial charge on any atom is -0.480 e. The fourth-order valence-electron chi connectivity index (χ4n) is 2.16. The molecule has 0 aliphatic rings. The standard InChI is InChI=1S/C15H21N2O9P/c1-15(2,3)26-14(20)16(4)11(13(18)19)8-9-5-6-12(27(23,24)25)10(7-9)17(21)22/h5-7,11H,8H2,1-4H3,(H,18,19)(H2,23,24,25). The number of likely N-dealkylation sites (N-methyl/N-ethyl adjacent to an activating group) is 1. The number of carboxylic acid groups (broad SMARTS) is 1. The third-order valence-electron chi connectivity index (χ3n) is 3.41. The predicted octanol–water partition coefficient (Wildman–Crippen LogP) is 1.26. The summed E-state index contributed by atoms with van der Waals surface area (Å²) < 4.78 is 16.5. The van der Waals surface area contributed by atoms with Gasteiger partial charge in [0.25, 0.3) is 5.69 Å². The molecule has 0 bridgehead atoms. The molecule has 0 saturated heterocycles. The highest BCUT2D eigenvalue weighted by molar-refractivity contribution is 7.60. The predicted molar refractivity (Wildman–Crippen MR) is 93.9 cm³/mol. The van der Waals surface area contributed by atoms with Crippen molar-refractivity contribution in [2.24, 2.45) is 0 Å². The normalized spacial score (nSPS) is 13.0. The molecular weight excluding hydrogens is 383 g/mol. The second-order valence-electron chi connectivity index (χ2n) is 6.77. The van der Waals surface area contributed by atoms with Crippen LogP contribution in [0.2, 0.25) is 0 Å². The molecule has 0 aliphatic carbocycles. The Bertz CT molecular complexity index is 797. The molecule has 1 rings (SSSR count). The second kappa shape index (κ2) is 8.03. The number of nitro groups is 1. The molecule has 0 fully saturated rings. The van der Waals surface area contributed by atoms with Gasteiger partial charge in [0.1, 0.15) is 16.9 Å². The Balaban J connectivity index is 3.20. The van der Waals surface area contributed by atoms with Crippen molar-refractivity contribution in [1.29, 1.82) is 0 Å². The van der Waals surface area contributed by atoms with Gasteiger partial charge in [0.05, 0.1) is 4.92 Å². The average Bonchev–Trinajstić information content (AvgIpc) is 2.48. The zero-order chi connectivity index (χ0) is 21.2. The topological polar surface area (TPSA) is 168 Å². The highest BCUT2D eigenvalue weighted by Gasteiger charge is 2.32. The van der Waals surface area contributed by atoms with Gasteiger partial charge in [0, 0.05) is 19.5 Å². The van der Waals surface area contributed by atoms with Crippen LogP contribution in [0, 0.1) is 10.1 Å². The van der Waals surface area contributed by atoms with Gasteiger partial charge in [0.15, 0.2) is 0 Å². The van der Waals surface area contributed by atoms with Crippen LogP contribution in [0.5, 0.6) is 0 Å². The van der Waals surface area contributed by atoms with Gasteiger partial charge in [-0.15, -0.1) is 0 Å². The maximum absolute atomic E-state index is 12.1. The van der Waals surface area contributed by atoms with Gasteiger partial charge in [0.2, 0.25) is 0 Å². The summed E-state index contributed by atoms with van der Waals surface area (Å²) in [4.78, 5) is 53.0. The zero-order valence-corrected chi connectivity index (χ0v) is 16.0. The van der Waals surface area contributed by atoms with E-state index >= 15 is 0 Å². The largest absolute Gasteiger partial charge is 0.480 e. The number of hydrogen-bond acceptors (Lipinski definition) is 6.